The highest BCUT2D eigenvalue weighted by atomic mass is 31.1. The second-order valence-electron chi connectivity index (χ2n) is 5.18. The minimum Gasteiger partial charge on any atom is -0.133 e. The Labute approximate surface area is 86.8 Å². The molecule has 1 unspecified atom stereocenters. The van der Waals surface area contributed by atoms with Gasteiger partial charge in [-0.05, 0) is 37.0 Å². The zero-order valence-electron chi connectivity index (χ0n) is 9.19. The van der Waals surface area contributed by atoms with Crippen LogP contribution in [0.1, 0.15) is 46.5 Å². The largest absolute Gasteiger partial charge is 0.694 e. The second kappa shape index (κ2) is 4.69. The lowest BCUT2D eigenvalue weighted by atomic mass is 9.72. The minimum absolute atomic E-state index is 0.00205. The van der Waals surface area contributed by atoms with Crippen LogP contribution in [0.15, 0.2) is 0 Å². The molecule has 0 aromatic carbocycles. The van der Waals surface area contributed by atoms with E-state index in [4.69, 9.17) is 9.42 Å². The van der Waals surface area contributed by atoms with Crippen LogP contribution in [0.4, 0.5) is 0 Å². The summed E-state index contributed by atoms with van der Waals surface area (Å²) in [5.41, 5.74) is 0.354. The molecule has 0 bridgehead atoms. The lowest BCUT2D eigenvalue weighted by molar-refractivity contribution is 0.0856. The standard InChI is InChI=1S/C10H19O3P/c1-10(2,3)8-4-6-9(7-5-8)13-14(11)12/h8-9H,4-7H2,1-3H3/p+1. The van der Waals surface area contributed by atoms with Gasteiger partial charge >= 0.3 is 8.25 Å². The predicted octanol–water partition coefficient (Wildman–Crippen LogP) is 3.26. The van der Waals surface area contributed by atoms with Gasteiger partial charge in [0.2, 0.25) is 0 Å². The molecule has 1 saturated carbocycles. The van der Waals surface area contributed by atoms with Crippen LogP contribution in [-0.4, -0.2) is 11.0 Å². The Kier molecular flexibility index (Phi) is 4.05. The maximum absolute atomic E-state index is 10.5. The molecule has 0 saturated heterocycles. The molecular weight excluding hydrogens is 199 g/mol. The molecule has 0 aliphatic heterocycles. The molecule has 0 aromatic rings. The molecule has 1 N–H and O–H groups in total. The molecule has 1 aliphatic rings. The van der Waals surface area contributed by atoms with Gasteiger partial charge < -0.3 is 0 Å². The monoisotopic (exact) mass is 219 g/mol. The second-order valence-corrected chi connectivity index (χ2v) is 5.87. The highest BCUT2D eigenvalue weighted by Crippen LogP contribution is 2.40. The Hall–Kier alpha value is 0.0200. The smallest absolute Gasteiger partial charge is 0.133 e. The zero-order chi connectivity index (χ0) is 10.8. The first-order valence-electron chi connectivity index (χ1n) is 5.22. The summed E-state index contributed by atoms with van der Waals surface area (Å²) in [6.07, 6.45) is 4.06. The SMILES string of the molecule is CC(C)(C)C1CCC(O[P+](=O)O)CC1. The molecular formula is C10H20O3P+. The highest BCUT2D eigenvalue weighted by molar-refractivity contribution is 7.32. The summed E-state index contributed by atoms with van der Waals surface area (Å²) in [6.45, 7) is 6.77. The lowest BCUT2D eigenvalue weighted by Gasteiger charge is -2.35. The third-order valence-corrected chi connectivity index (χ3v) is 3.62. The Bertz CT molecular complexity index is 202. The summed E-state index contributed by atoms with van der Waals surface area (Å²) in [4.78, 5) is 8.62. The molecule has 3 nitrogen and oxygen atoms in total. The van der Waals surface area contributed by atoms with Gasteiger partial charge in [0.05, 0.1) is 0 Å². The normalized spacial score (nSPS) is 30.1. The summed E-state index contributed by atoms with van der Waals surface area (Å²) in [5, 5.41) is 0. The van der Waals surface area contributed by atoms with Gasteiger partial charge in [0.1, 0.15) is 6.10 Å². The molecule has 0 heterocycles. The van der Waals surface area contributed by atoms with Gasteiger partial charge in [-0.25, -0.2) is 0 Å². The topological polar surface area (TPSA) is 46.5 Å². The average molecular weight is 219 g/mol. The Morgan fingerprint density at radius 2 is 1.71 bits per heavy atom. The van der Waals surface area contributed by atoms with Gasteiger partial charge in [-0.3, -0.25) is 0 Å². The van der Waals surface area contributed by atoms with Crippen LogP contribution >= 0.6 is 8.25 Å². The predicted molar refractivity (Wildman–Crippen MR) is 56.1 cm³/mol. The highest BCUT2D eigenvalue weighted by Gasteiger charge is 2.33. The lowest BCUT2D eigenvalue weighted by Crippen LogP contribution is -2.28. The van der Waals surface area contributed by atoms with Gasteiger partial charge in [-0.1, -0.05) is 20.8 Å². The van der Waals surface area contributed by atoms with Crippen molar-refractivity contribution in [3.8, 4) is 0 Å². The zero-order valence-corrected chi connectivity index (χ0v) is 10.1. The number of rotatable bonds is 2. The molecule has 0 amide bonds. The Balaban J connectivity index is 2.35. The van der Waals surface area contributed by atoms with Crippen molar-refractivity contribution in [2.45, 2.75) is 52.6 Å². The minimum atomic E-state index is -2.42. The Morgan fingerprint density at radius 1 is 1.21 bits per heavy atom. The van der Waals surface area contributed by atoms with Crippen molar-refractivity contribution in [2.75, 3.05) is 0 Å². The summed E-state index contributed by atoms with van der Waals surface area (Å²) < 4.78 is 15.4. The van der Waals surface area contributed by atoms with E-state index in [0.717, 1.165) is 31.6 Å². The molecule has 1 fully saturated rings. The van der Waals surface area contributed by atoms with Crippen LogP contribution < -0.4 is 0 Å². The Morgan fingerprint density at radius 3 is 2.07 bits per heavy atom. The molecule has 1 atom stereocenters. The summed E-state index contributed by atoms with van der Waals surface area (Å²) in [7, 11) is -2.42. The van der Waals surface area contributed by atoms with E-state index >= 15 is 0 Å². The first-order chi connectivity index (χ1) is 6.39. The van der Waals surface area contributed by atoms with E-state index < -0.39 is 8.25 Å². The number of hydrogen-bond acceptors (Lipinski definition) is 2. The molecule has 0 aromatic heterocycles. The van der Waals surface area contributed by atoms with Crippen molar-refractivity contribution in [3.63, 3.8) is 0 Å². The van der Waals surface area contributed by atoms with Crippen molar-refractivity contribution in [3.05, 3.63) is 0 Å². The molecule has 14 heavy (non-hydrogen) atoms. The molecule has 1 rings (SSSR count). The van der Waals surface area contributed by atoms with E-state index in [1.54, 1.807) is 0 Å². The van der Waals surface area contributed by atoms with E-state index in [9.17, 15) is 4.57 Å². The van der Waals surface area contributed by atoms with E-state index in [1.807, 2.05) is 0 Å². The van der Waals surface area contributed by atoms with Crippen LogP contribution in [0.2, 0.25) is 0 Å². The third kappa shape index (κ3) is 3.64. The summed E-state index contributed by atoms with van der Waals surface area (Å²) in [5.74, 6) is 0.721. The fraction of sp³-hybridized carbons (Fsp3) is 1.00. The molecule has 1 aliphatic carbocycles. The van der Waals surface area contributed by atoms with Crippen LogP contribution in [0, 0.1) is 11.3 Å². The molecule has 0 spiro atoms. The van der Waals surface area contributed by atoms with Crippen molar-refractivity contribution in [1.82, 2.24) is 0 Å². The molecule has 0 radical (unpaired) electrons. The van der Waals surface area contributed by atoms with E-state index in [2.05, 4.69) is 20.8 Å². The van der Waals surface area contributed by atoms with Crippen LogP contribution in [0.5, 0.6) is 0 Å². The van der Waals surface area contributed by atoms with Crippen LogP contribution in [0.25, 0.3) is 0 Å². The van der Waals surface area contributed by atoms with Crippen molar-refractivity contribution >= 4 is 8.25 Å². The van der Waals surface area contributed by atoms with E-state index in [0.29, 0.717) is 5.41 Å². The first-order valence-corrected chi connectivity index (χ1v) is 6.35. The van der Waals surface area contributed by atoms with Gasteiger partial charge in [0.25, 0.3) is 0 Å². The van der Waals surface area contributed by atoms with Crippen LogP contribution in [0.3, 0.4) is 0 Å². The quantitative estimate of drug-likeness (QED) is 0.725. The fourth-order valence-corrected chi connectivity index (χ4v) is 2.63. The summed E-state index contributed by atoms with van der Waals surface area (Å²) >= 11 is 0. The maximum atomic E-state index is 10.5. The fourth-order valence-electron chi connectivity index (χ4n) is 2.16. The summed E-state index contributed by atoms with van der Waals surface area (Å²) in [6, 6.07) is 0. The van der Waals surface area contributed by atoms with Gasteiger partial charge in [-0.2, -0.15) is 0 Å². The van der Waals surface area contributed by atoms with Crippen molar-refractivity contribution in [2.24, 2.45) is 11.3 Å². The number of hydrogen-bond donors (Lipinski definition) is 1. The average Bonchev–Trinajstić information content (AvgIpc) is 2.02. The van der Waals surface area contributed by atoms with E-state index in [-0.39, 0.29) is 6.10 Å². The van der Waals surface area contributed by atoms with Gasteiger partial charge in [-0.15, -0.1) is 9.42 Å². The van der Waals surface area contributed by atoms with Gasteiger partial charge in [0.15, 0.2) is 0 Å². The van der Waals surface area contributed by atoms with E-state index in [1.165, 1.54) is 0 Å². The van der Waals surface area contributed by atoms with Crippen molar-refractivity contribution < 1.29 is 14.0 Å². The van der Waals surface area contributed by atoms with Crippen molar-refractivity contribution in [1.29, 1.82) is 0 Å². The molecule has 4 heteroatoms. The van der Waals surface area contributed by atoms with Gasteiger partial charge in [0, 0.05) is 4.57 Å². The molecule has 82 valence electrons. The van der Waals surface area contributed by atoms with Crippen LogP contribution in [-0.2, 0) is 9.09 Å². The maximum Gasteiger partial charge on any atom is 0.694 e. The third-order valence-electron chi connectivity index (χ3n) is 3.14. The first kappa shape index (κ1) is 12.1.